The number of rotatable bonds is 11. The smallest absolute Gasteiger partial charge is 0.294 e. The first kappa shape index (κ1) is 27.5. The van der Waals surface area contributed by atoms with Crippen LogP contribution in [0, 0.1) is 0 Å². The number of nitrogens with one attached hydrogen (secondary N) is 1. The standard InChI is InChI=1S/C30H28N2O6S/c1-4-8-22-15-21(16-25(37-3)28(22)38-19-20-9-6-5-7-10-20)17-26-29(34)32(30(35)39-26)18-27(33)31-23-11-13-24(36-2)14-12-23/h4-7,9-17H,1,8,18-19H2,2-3H3,(H,31,33)/b26-17-. The number of carbonyl (C=O) groups excluding carboxylic acids is 3. The number of benzene rings is 3. The van der Waals surface area contributed by atoms with Gasteiger partial charge in [-0.05, 0) is 71.8 Å². The Morgan fingerprint density at radius 2 is 1.77 bits per heavy atom. The van der Waals surface area contributed by atoms with Crippen molar-refractivity contribution in [2.45, 2.75) is 13.0 Å². The highest BCUT2D eigenvalue weighted by atomic mass is 32.2. The molecule has 1 heterocycles. The fourth-order valence-electron chi connectivity index (χ4n) is 3.93. The fraction of sp³-hybridized carbons (Fsp3) is 0.167. The first-order valence-electron chi connectivity index (χ1n) is 12.1. The molecule has 3 aromatic carbocycles. The molecule has 0 aromatic heterocycles. The average molecular weight is 545 g/mol. The van der Waals surface area contributed by atoms with Gasteiger partial charge in [-0.2, -0.15) is 0 Å². The third-order valence-electron chi connectivity index (χ3n) is 5.81. The Morgan fingerprint density at radius 1 is 1.03 bits per heavy atom. The lowest BCUT2D eigenvalue weighted by Crippen LogP contribution is -2.36. The van der Waals surface area contributed by atoms with E-state index in [-0.39, 0.29) is 4.91 Å². The minimum absolute atomic E-state index is 0.210. The van der Waals surface area contributed by atoms with Gasteiger partial charge in [-0.15, -0.1) is 6.58 Å². The van der Waals surface area contributed by atoms with Crippen molar-refractivity contribution in [3.05, 3.63) is 101 Å². The fourth-order valence-corrected chi connectivity index (χ4v) is 4.76. The highest BCUT2D eigenvalue weighted by molar-refractivity contribution is 8.18. The van der Waals surface area contributed by atoms with E-state index in [2.05, 4.69) is 11.9 Å². The average Bonchev–Trinajstić information content (AvgIpc) is 3.20. The number of carbonyl (C=O) groups is 3. The molecule has 1 fully saturated rings. The molecular weight excluding hydrogens is 516 g/mol. The van der Waals surface area contributed by atoms with E-state index in [0.29, 0.717) is 41.5 Å². The summed E-state index contributed by atoms with van der Waals surface area (Å²) < 4.78 is 16.8. The van der Waals surface area contributed by atoms with Crippen molar-refractivity contribution in [3.8, 4) is 17.2 Å². The van der Waals surface area contributed by atoms with Gasteiger partial charge in [0.1, 0.15) is 18.9 Å². The molecular formula is C30H28N2O6S. The first-order chi connectivity index (χ1) is 18.9. The van der Waals surface area contributed by atoms with Gasteiger partial charge in [0, 0.05) is 11.3 Å². The van der Waals surface area contributed by atoms with Gasteiger partial charge < -0.3 is 19.5 Å². The number of allylic oxidation sites excluding steroid dienone is 1. The third kappa shape index (κ3) is 6.88. The summed E-state index contributed by atoms with van der Waals surface area (Å²) in [6.45, 7) is 3.80. The molecule has 0 aliphatic carbocycles. The Balaban J connectivity index is 1.50. The minimum Gasteiger partial charge on any atom is -0.497 e. The van der Waals surface area contributed by atoms with Crippen LogP contribution in [0.4, 0.5) is 10.5 Å². The number of imide groups is 1. The lowest BCUT2D eigenvalue weighted by molar-refractivity contribution is -0.127. The maximum Gasteiger partial charge on any atom is 0.294 e. The van der Waals surface area contributed by atoms with E-state index >= 15 is 0 Å². The molecule has 200 valence electrons. The first-order valence-corrected chi connectivity index (χ1v) is 12.9. The maximum atomic E-state index is 13.0. The Labute approximate surface area is 231 Å². The molecule has 3 aromatic rings. The molecule has 0 radical (unpaired) electrons. The van der Waals surface area contributed by atoms with Crippen LogP contribution in [0.1, 0.15) is 16.7 Å². The van der Waals surface area contributed by atoms with Crippen LogP contribution >= 0.6 is 11.8 Å². The van der Waals surface area contributed by atoms with Crippen LogP contribution in [0.2, 0.25) is 0 Å². The molecule has 8 nitrogen and oxygen atoms in total. The van der Waals surface area contributed by atoms with E-state index < -0.39 is 23.6 Å². The van der Waals surface area contributed by atoms with E-state index in [0.717, 1.165) is 27.8 Å². The second kappa shape index (κ2) is 12.8. The summed E-state index contributed by atoms with van der Waals surface area (Å²) in [4.78, 5) is 39.3. The number of amides is 3. The highest BCUT2D eigenvalue weighted by Gasteiger charge is 2.36. The van der Waals surface area contributed by atoms with E-state index in [4.69, 9.17) is 14.2 Å². The van der Waals surface area contributed by atoms with Crippen molar-refractivity contribution in [2.24, 2.45) is 0 Å². The lowest BCUT2D eigenvalue weighted by atomic mass is 10.0. The number of ether oxygens (including phenoxy) is 3. The van der Waals surface area contributed by atoms with Crippen molar-refractivity contribution >= 4 is 40.6 Å². The molecule has 1 saturated heterocycles. The summed E-state index contributed by atoms with van der Waals surface area (Å²) in [6.07, 6.45) is 3.88. The Morgan fingerprint density at radius 3 is 2.44 bits per heavy atom. The number of thioether (sulfide) groups is 1. The largest absolute Gasteiger partial charge is 0.497 e. The molecule has 0 saturated carbocycles. The van der Waals surface area contributed by atoms with Crippen LogP contribution in [0.25, 0.3) is 6.08 Å². The Kier molecular flexibility index (Phi) is 9.06. The highest BCUT2D eigenvalue weighted by Crippen LogP contribution is 2.37. The quantitative estimate of drug-likeness (QED) is 0.245. The number of nitrogens with zero attached hydrogens (tertiary/aromatic N) is 1. The third-order valence-corrected chi connectivity index (χ3v) is 6.72. The van der Waals surface area contributed by atoms with Crippen LogP contribution in [0.5, 0.6) is 17.2 Å². The second-order valence-electron chi connectivity index (χ2n) is 8.52. The van der Waals surface area contributed by atoms with E-state index in [9.17, 15) is 14.4 Å². The van der Waals surface area contributed by atoms with Gasteiger partial charge in [-0.25, -0.2) is 0 Å². The van der Waals surface area contributed by atoms with Gasteiger partial charge in [-0.3, -0.25) is 19.3 Å². The normalized spacial score (nSPS) is 13.9. The number of methoxy groups -OCH3 is 2. The zero-order valence-corrected chi connectivity index (χ0v) is 22.5. The Bertz CT molecular complexity index is 1400. The molecule has 1 aliphatic heterocycles. The monoisotopic (exact) mass is 544 g/mol. The molecule has 9 heteroatoms. The van der Waals surface area contributed by atoms with Crippen molar-refractivity contribution in [3.63, 3.8) is 0 Å². The lowest BCUT2D eigenvalue weighted by Gasteiger charge is -2.16. The van der Waals surface area contributed by atoms with Crippen LogP contribution in [0.3, 0.4) is 0 Å². The molecule has 0 unspecified atom stereocenters. The summed E-state index contributed by atoms with van der Waals surface area (Å²) in [5, 5.41) is 2.17. The van der Waals surface area contributed by atoms with E-state index in [1.165, 1.54) is 0 Å². The van der Waals surface area contributed by atoms with Crippen molar-refractivity contribution in [2.75, 3.05) is 26.1 Å². The summed E-state index contributed by atoms with van der Waals surface area (Å²) in [6, 6.07) is 20.1. The predicted molar refractivity (Wildman–Crippen MR) is 152 cm³/mol. The zero-order valence-electron chi connectivity index (χ0n) is 21.6. The SMILES string of the molecule is C=CCc1cc(/C=C2\SC(=O)N(CC(=O)Nc3ccc(OC)cc3)C2=O)cc(OC)c1OCc1ccccc1. The van der Waals surface area contributed by atoms with E-state index in [1.54, 1.807) is 56.7 Å². The van der Waals surface area contributed by atoms with Gasteiger partial charge >= 0.3 is 0 Å². The van der Waals surface area contributed by atoms with Crippen molar-refractivity contribution < 1.29 is 28.6 Å². The van der Waals surface area contributed by atoms with Crippen LogP contribution < -0.4 is 19.5 Å². The number of anilines is 1. The topological polar surface area (TPSA) is 94.2 Å². The van der Waals surface area contributed by atoms with Gasteiger partial charge in [-0.1, -0.05) is 36.4 Å². The summed E-state index contributed by atoms with van der Waals surface area (Å²) in [5.41, 5.74) is 3.02. The summed E-state index contributed by atoms with van der Waals surface area (Å²) in [7, 11) is 3.09. The van der Waals surface area contributed by atoms with Gasteiger partial charge in [0.25, 0.3) is 11.1 Å². The number of hydrogen-bond donors (Lipinski definition) is 1. The van der Waals surface area contributed by atoms with Crippen molar-refractivity contribution in [1.29, 1.82) is 0 Å². The molecule has 1 aliphatic rings. The molecule has 4 rings (SSSR count). The molecule has 0 atom stereocenters. The number of hydrogen-bond acceptors (Lipinski definition) is 7. The van der Waals surface area contributed by atoms with Gasteiger partial charge in [0.15, 0.2) is 11.5 Å². The van der Waals surface area contributed by atoms with Crippen molar-refractivity contribution in [1.82, 2.24) is 4.90 Å². The van der Waals surface area contributed by atoms with Crippen LogP contribution in [-0.2, 0) is 22.6 Å². The minimum atomic E-state index is -0.538. The second-order valence-corrected chi connectivity index (χ2v) is 9.52. The summed E-state index contributed by atoms with van der Waals surface area (Å²) >= 11 is 0.784. The maximum absolute atomic E-state index is 13.0. The molecule has 1 N–H and O–H groups in total. The molecule has 0 spiro atoms. The summed E-state index contributed by atoms with van der Waals surface area (Å²) in [5.74, 6) is 0.700. The van der Waals surface area contributed by atoms with Gasteiger partial charge in [0.05, 0.1) is 19.1 Å². The molecule has 3 amide bonds. The Hall–Kier alpha value is -4.50. The van der Waals surface area contributed by atoms with Crippen LogP contribution in [0.15, 0.2) is 84.3 Å². The molecule has 0 bridgehead atoms. The van der Waals surface area contributed by atoms with Gasteiger partial charge in [0.2, 0.25) is 5.91 Å². The zero-order chi connectivity index (χ0) is 27.8. The van der Waals surface area contributed by atoms with Crippen LogP contribution in [-0.4, -0.2) is 42.7 Å². The van der Waals surface area contributed by atoms with E-state index in [1.807, 2.05) is 36.4 Å². The molecule has 39 heavy (non-hydrogen) atoms. The predicted octanol–water partition coefficient (Wildman–Crippen LogP) is 5.69.